The average molecular weight is 267 g/mol. The summed E-state index contributed by atoms with van der Waals surface area (Å²) >= 11 is 6.43. The number of halogens is 1. The molecule has 2 rings (SSSR count). The SMILES string of the molecule is CCN(c1ccc(CCN)cc1Cl)C1CCCC1. The van der Waals surface area contributed by atoms with Gasteiger partial charge in [-0.3, -0.25) is 0 Å². The molecular weight excluding hydrogens is 244 g/mol. The molecule has 1 fully saturated rings. The number of nitrogens with zero attached hydrogens (tertiary/aromatic N) is 1. The van der Waals surface area contributed by atoms with E-state index in [4.69, 9.17) is 17.3 Å². The van der Waals surface area contributed by atoms with Crippen molar-refractivity contribution in [2.45, 2.75) is 45.1 Å². The Morgan fingerprint density at radius 1 is 1.33 bits per heavy atom. The molecule has 1 saturated carbocycles. The van der Waals surface area contributed by atoms with E-state index >= 15 is 0 Å². The molecule has 0 atom stereocenters. The van der Waals surface area contributed by atoms with Gasteiger partial charge in [-0.1, -0.05) is 30.5 Å². The number of anilines is 1. The van der Waals surface area contributed by atoms with Crippen molar-refractivity contribution in [2.24, 2.45) is 5.73 Å². The summed E-state index contributed by atoms with van der Waals surface area (Å²) in [5.74, 6) is 0. The van der Waals surface area contributed by atoms with Crippen LogP contribution in [0.4, 0.5) is 5.69 Å². The molecular formula is C15H23ClN2. The molecule has 1 aliphatic carbocycles. The first-order valence-corrected chi connectivity index (χ1v) is 7.39. The molecule has 0 radical (unpaired) electrons. The second-order valence-electron chi connectivity index (χ2n) is 5.05. The summed E-state index contributed by atoms with van der Waals surface area (Å²) in [6, 6.07) is 7.07. The first-order chi connectivity index (χ1) is 8.76. The molecule has 0 spiro atoms. The number of hydrogen-bond acceptors (Lipinski definition) is 2. The minimum atomic E-state index is 0.674. The maximum absolute atomic E-state index is 6.43. The predicted octanol–water partition coefficient (Wildman–Crippen LogP) is 3.61. The second kappa shape index (κ2) is 6.44. The van der Waals surface area contributed by atoms with Crippen molar-refractivity contribution in [3.8, 4) is 0 Å². The number of hydrogen-bond donors (Lipinski definition) is 1. The molecule has 2 N–H and O–H groups in total. The maximum Gasteiger partial charge on any atom is 0.0642 e. The molecule has 2 nitrogen and oxygen atoms in total. The van der Waals surface area contributed by atoms with E-state index in [1.54, 1.807) is 0 Å². The molecule has 0 amide bonds. The smallest absolute Gasteiger partial charge is 0.0642 e. The highest BCUT2D eigenvalue weighted by Crippen LogP contribution is 2.33. The van der Waals surface area contributed by atoms with Crippen molar-refractivity contribution in [3.05, 3.63) is 28.8 Å². The van der Waals surface area contributed by atoms with Crippen LogP contribution in [0.5, 0.6) is 0 Å². The van der Waals surface area contributed by atoms with E-state index in [1.807, 2.05) is 0 Å². The van der Waals surface area contributed by atoms with Crippen molar-refractivity contribution in [1.82, 2.24) is 0 Å². The predicted molar refractivity (Wildman–Crippen MR) is 79.5 cm³/mol. The van der Waals surface area contributed by atoms with Gasteiger partial charge in [0.25, 0.3) is 0 Å². The van der Waals surface area contributed by atoms with Crippen LogP contribution in [0.1, 0.15) is 38.2 Å². The Bertz CT molecular complexity index is 386. The summed E-state index contributed by atoms with van der Waals surface area (Å²) < 4.78 is 0. The lowest BCUT2D eigenvalue weighted by molar-refractivity contribution is 0.620. The summed E-state index contributed by atoms with van der Waals surface area (Å²) in [5.41, 5.74) is 8.00. The molecule has 1 aromatic rings. The Morgan fingerprint density at radius 3 is 2.61 bits per heavy atom. The van der Waals surface area contributed by atoms with Crippen LogP contribution in [0, 0.1) is 0 Å². The largest absolute Gasteiger partial charge is 0.368 e. The van der Waals surface area contributed by atoms with Gasteiger partial charge in [-0.05, 0) is 50.4 Å². The van der Waals surface area contributed by atoms with Gasteiger partial charge in [0.2, 0.25) is 0 Å². The van der Waals surface area contributed by atoms with E-state index in [1.165, 1.54) is 36.9 Å². The van der Waals surface area contributed by atoms with Crippen LogP contribution in [-0.4, -0.2) is 19.1 Å². The quantitative estimate of drug-likeness (QED) is 0.882. The monoisotopic (exact) mass is 266 g/mol. The third-order valence-electron chi connectivity index (χ3n) is 3.86. The minimum absolute atomic E-state index is 0.674. The number of nitrogens with two attached hydrogens (primary N) is 1. The van der Waals surface area contributed by atoms with Crippen molar-refractivity contribution in [2.75, 3.05) is 18.0 Å². The molecule has 0 unspecified atom stereocenters. The van der Waals surface area contributed by atoms with Crippen molar-refractivity contribution >= 4 is 17.3 Å². The molecule has 0 aromatic heterocycles. The van der Waals surface area contributed by atoms with E-state index in [0.717, 1.165) is 18.0 Å². The minimum Gasteiger partial charge on any atom is -0.368 e. The molecule has 0 bridgehead atoms. The molecule has 0 aliphatic heterocycles. The Balaban J connectivity index is 2.19. The van der Waals surface area contributed by atoms with E-state index in [9.17, 15) is 0 Å². The van der Waals surface area contributed by atoms with Gasteiger partial charge in [-0.25, -0.2) is 0 Å². The van der Waals surface area contributed by atoms with Gasteiger partial charge in [-0.2, -0.15) is 0 Å². The summed E-state index contributed by atoms with van der Waals surface area (Å²) in [6.45, 7) is 3.92. The Morgan fingerprint density at radius 2 is 2.06 bits per heavy atom. The molecule has 3 heteroatoms. The van der Waals surface area contributed by atoms with E-state index in [-0.39, 0.29) is 0 Å². The topological polar surface area (TPSA) is 29.3 Å². The van der Waals surface area contributed by atoms with Crippen molar-refractivity contribution < 1.29 is 0 Å². The molecule has 1 aromatic carbocycles. The fourth-order valence-electron chi connectivity index (χ4n) is 2.95. The van der Waals surface area contributed by atoms with Gasteiger partial charge in [0.1, 0.15) is 0 Å². The van der Waals surface area contributed by atoms with E-state index < -0.39 is 0 Å². The number of benzene rings is 1. The fraction of sp³-hybridized carbons (Fsp3) is 0.600. The Labute approximate surface area is 115 Å². The zero-order valence-electron chi connectivity index (χ0n) is 11.2. The zero-order chi connectivity index (χ0) is 13.0. The summed E-state index contributed by atoms with van der Waals surface area (Å²) in [6.07, 6.45) is 6.20. The maximum atomic E-state index is 6.43. The molecule has 0 saturated heterocycles. The van der Waals surface area contributed by atoms with Crippen LogP contribution in [0.3, 0.4) is 0 Å². The van der Waals surface area contributed by atoms with Crippen LogP contribution < -0.4 is 10.6 Å². The third kappa shape index (κ3) is 2.99. The van der Waals surface area contributed by atoms with Crippen LogP contribution >= 0.6 is 11.6 Å². The van der Waals surface area contributed by atoms with Crippen LogP contribution in [-0.2, 0) is 6.42 Å². The standard InChI is InChI=1S/C15H23ClN2/c1-2-18(13-5-3-4-6-13)15-8-7-12(9-10-17)11-14(15)16/h7-8,11,13H,2-6,9-10,17H2,1H3. The fourth-order valence-corrected chi connectivity index (χ4v) is 3.26. The van der Waals surface area contributed by atoms with Crippen LogP contribution in [0.25, 0.3) is 0 Å². The van der Waals surface area contributed by atoms with E-state index in [0.29, 0.717) is 12.6 Å². The first kappa shape index (κ1) is 13.7. The van der Waals surface area contributed by atoms with Gasteiger partial charge >= 0.3 is 0 Å². The van der Waals surface area contributed by atoms with Crippen LogP contribution in [0.15, 0.2) is 18.2 Å². The van der Waals surface area contributed by atoms with Crippen molar-refractivity contribution in [3.63, 3.8) is 0 Å². The van der Waals surface area contributed by atoms with Gasteiger partial charge in [0, 0.05) is 12.6 Å². The highest BCUT2D eigenvalue weighted by atomic mass is 35.5. The van der Waals surface area contributed by atoms with Crippen LogP contribution in [0.2, 0.25) is 5.02 Å². The Kier molecular flexibility index (Phi) is 4.90. The second-order valence-corrected chi connectivity index (χ2v) is 5.46. The average Bonchev–Trinajstić information content (AvgIpc) is 2.87. The van der Waals surface area contributed by atoms with Gasteiger partial charge in [0.15, 0.2) is 0 Å². The third-order valence-corrected chi connectivity index (χ3v) is 4.16. The van der Waals surface area contributed by atoms with Gasteiger partial charge in [0.05, 0.1) is 10.7 Å². The first-order valence-electron chi connectivity index (χ1n) is 7.01. The molecule has 18 heavy (non-hydrogen) atoms. The summed E-state index contributed by atoms with van der Waals surface area (Å²) in [7, 11) is 0. The highest BCUT2D eigenvalue weighted by molar-refractivity contribution is 6.33. The van der Waals surface area contributed by atoms with E-state index in [2.05, 4.69) is 30.0 Å². The summed E-state index contributed by atoms with van der Waals surface area (Å²) in [4.78, 5) is 2.46. The van der Waals surface area contributed by atoms with Crippen molar-refractivity contribution in [1.29, 1.82) is 0 Å². The number of rotatable bonds is 5. The lowest BCUT2D eigenvalue weighted by atomic mass is 10.1. The molecule has 100 valence electrons. The van der Waals surface area contributed by atoms with Gasteiger partial charge < -0.3 is 10.6 Å². The lowest BCUT2D eigenvalue weighted by Crippen LogP contribution is -2.33. The normalized spacial score (nSPS) is 16.2. The summed E-state index contributed by atoms with van der Waals surface area (Å²) in [5, 5.41) is 0.870. The Hall–Kier alpha value is -0.730. The highest BCUT2D eigenvalue weighted by Gasteiger charge is 2.23. The lowest BCUT2D eigenvalue weighted by Gasteiger charge is -2.31. The molecule has 0 heterocycles. The molecule has 1 aliphatic rings. The zero-order valence-corrected chi connectivity index (χ0v) is 11.9. The van der Waals surface area contributed by atoms with Gasteiger partial charge in [-0.15, -0.1) is 0 Å².